The number of alkyl halides is 4. The molecule has 0 aliphatic heterocycles. The van der Waals surface area contributed by atoms with Gasteiger partial charge < -0.3 is 0 Å². The van der Waals surface area contributed by atoms with Crippen LogP contribution in [0, 0.1) is 17.8 Å². The van der Waals surface area contributed by atoms with Crippen molar-refractivity contribution in [2.24, 2.45) is 17.8 Å². The molecular weight excluding hydrogens is 172 g/mol. The van der Waals surface area contributed by atoms with Crippen LogP contribution >= 0.6 is 0 Å². The lowest BCUT2D eigenvalue weighted by Crippen LogP contribution is -2.22. The minimum Gasteiger partial charge on any atom is -0.251 e. The van der Waals surface area contributed by atoms with Crippen molar-refractivity contribution >= 4 is 0 Å². The Bertz CT molecular complexity index is 152. The monoisotopic (exact) mass is 184 g/mol. The maximum Gasteiger partial charge on any atom is 0.391 e. The average molecular weight is 184 g/mol. The first-order valence-corrected chi connectivity index (χ1v) is 4.09. The zero-order valence-corrected chi connectivity index (χ0v) is 6.87. The zero-order chi connectivity index (χ0) is 9.35. The normalized spacial score (nSPS) is 31.8. The number of hydrogen-bond donors (Lipinski definition) is 0. The van der Waals surface area contributed by atoms with E-state index in [1.165, 1.54) is 6.92 Å². The second-order valence-electron chi connectivity index (χ2n) is 3.47. The van der Waals surface area contributed by atoms with Gasteiger partial charge in [-0.1, -0.05) is 6.92 Å². The topological polar surface area (TPSA) is 0 Å². The fourth-order valence-electron chi connectivity index (χ4n) is 1.60. The average Bonchev–Trinajstić information content (AvgIpc) is 2.65. The molecule has 1 aliphatic rings. The van der Waals surface area contributed by atoms with Crippen LogP contribution in [0.3, 0.4) is 0 Å². The highest BCUT2D eigenvalue weighted by Gasteiger charge is 2.51. The Morgan fingerprint density at radius 3 is 2.42 bits per heavy atom. The van der Waals surface area contributed by atoms with E-state index in [0.717, 1.165) is 0 Å². The van der Waals surface area contributed by atoms with Crippen LogP contribution in [-0.4, -0.2) is 12.9 Å². The third kappa shape index (κ3) is 2.11. The van der Waals surface area contributed by atoms with Crippen LogP contribution in [0.25, 0.3) is 0 Å². The molecule has 12 heavy (non-hydrogen) atoms. The summed E-state index contributed by atoms with van der Waals surface area (Å²) in [7, 11) is 0. The van der Waals surface area contributed by atoms with Crippen molar-refractivity contribution in [1.82, 2.24) is 0 Å². The largest absolute Gasteiger partial charge is 0.391 e. The standard InChI is InChI=1S/C8H12F4/c1-5(8(10,11)12)7-4-6(7)2-3-9/h5-7H,2-4H2,1H3. The first-order chi connectivity index (χ1) is 5.46. The lowest BCUT2D eigenvalue weighted by atomic mass is 10.0. The van der Waals surface area contributed by atoms with E-state index in [0.29, 0.717) is 12.8 Å². The molecule has 1 fully saturated rings. The first-order valence-electron chi connectivity index (χ1n) is 4.09. The molecule has 0 nitrogen and oxygen atoms in total. The molecule has 0 aromatic carbocycles. The lowest BCUT2D eigenvalue weighted by Gasteiger charge is -2.14. The SMILES string of the molecule is CC(C1CC1CCF)C(F)(F)F. The second-order valence-corrected chi connectivity index (χ2v) is 3.47. The van der Waals surface area contributed by atoms with Gasteiger partial charge in [0.1, 0.15) is 0 Å². The summed E-state index contributed by atoms with van der Waals surface area (Å²) >= 11 is 0. The Hall–Kier alpha value is -0.280. The number of hydrogen-bond acceptors (Lipinski definition) is 0. The predicted molar refractivity (Wildman–Crippen MR) is 37.4 cm³/mol. The molecule has 3 atom stereocenters. The molecule has 0 aromatic heterocycles. The predicted octanol–water partition coefficient (Wildman–Crippen LogP) is 3.18. The van der Waals surface area contributed by atoms with Crippen LogP contribution in [0.1, 0.15) is 19.8 Å². The summed E-state index contributed by atoms with van der Waals surface area (Å²) in [6, 6.07) is 0. The molecule has 0 saturated heterocycles. The summed E-state index contributed by atoms with van der Waals surface area (Å²) in [5, 5.41) is 0. The third-order valence-electron chi connectivity index (χ3n) is 2.62. The van der Waals surface area contributed by atoms with Crippen LogP contribution in [0.4, 0.5) is 17.6 Å². The summed E-state index contributed by atoms with van der Waals surface area (Å²) in [4.78, 5) is 0. The second kappa shape index (κ2) is 3.23. The zero-order valence-electron chi connectivity index (χ0n) is 6.87. The summed E-state index contributed by atoms with van der Waals surface area (Å²) in [5.74, 6) is -1.60. The van der Waals surface area contributed by atoms with Gasteiger partial charge in [0.2, 0.25) is 0 Å². The molecular formula is C8H12F4. The quantitative estimate of drug-likeness (QED) is 0.591. The highest BCUT2D eigenvalue weighted by Crippen LogP contribution is 2.51. The van der Waals surface area contributed by atoms with E-state index in [1.807, 2.05) is 0 Å². The van der Waals surface area contributed by atoms with Crippen LogP contribution in [0.15, 0.2) is 0 Å². The lowest BCUT2D eigenvalue weighted by molar-refractivity contribution is -0.176. The molecule has 0 heterocycles. The van der Waals surface area contributed by atoms with E-state index in [-0.39, 0.29) is 11.8 Å². The van der Waals surface area contributed by atoms with E-state index in [9.17, 15) is 17.6 Å². The van der Waals surface area contributed by atoms with Gasteiger partial charge in [0.25, 0.3) is 0 Å². The van der Waals surface area contributed by atoms with Crippen LogP contribution in [0.2, 0.25) is 0 Å². The maximum absolute atomic E-state index is 12.1. The van der Waals surface area contributed by atoms with Gasteiger partial charge in [0, 0.05) is 0 Å². The molecule has 1 aliphatic carbocycles. The van der Waals surface area contributed by atoms with E-state index in [1.54, 1.807) is 0 Å². The van der Waals surface area contributed by atoms with Crippen LogP contribution in [0.5, 0.6) is 0 Å². The summed E-state index contributed by atoms with van der Waals surface area (Å²) < 4.78 is 47.9. The van der Waals surface area contributed by atoms with Gasteiger partial charge in [-0.15, -0.1) is 0 Å². The van der Waals surface area contributed by atoms with Gasteiger partial charge in [-0.2, -0.15) is 13.2 Å². The molecule has 0 amide bonds. The number of halogens is 4. The Balaban J connectivity index is 2.33. The molecule has 4 heteroatoms. The van der Waals surface area contributed by atoms with Crippen molar-refractivity contribution in [3.63, 3.8) is 0 Å². The Labute approximate surface area is 69.0 Å². The highest BCUT2D eigenvalue weighted by atomic mass is 19.4. The Kier molecular flexibility index (Phi) is 2.64. The fourth-order valence-corrected chi connectivity index (χ4v) is 1.60. The summed E-state index contributed by atoms with van der Waals surface area (Å²) in [6.45, 7) is 0.689. The van der Waals surface area contributed by atoms with E-state index in [2.05, 4.69) is 0 Å². The van der Waals surface area contributed by atoms with Crippen LogP contribution < -0.4 is 0 Å². The van der Waals surface area contributed by atoms with Gasteiger partial charge in [-0.05, 0) is 24.7 Å². The van der Waals surface area contributed by atoms with Gasteiger partial charge in [-0.3, -0.25) is 4.39 Å². The molecule has 0 bridgehead atoms. The first kappa shape index (κ1) is 9.81. The number of rotatable bonds is 3. The minimum atomic E-state index is -4.10. The Morgan fingerprint density at radius 1 is 1.42 bits per heavy atom. The third-order valence-corrected chi connectivity index (χ3v) is 2.62. The van der Waals surface area contributed by atoms with Gasteiger partial charge >= 0.3 is 6.18 Å². The van der Waals surface area contributed by atoms with Gasteiger partial charge in [0.15, 0.2) is 0 Å². The molecule has 3 unspecified atom stereocenters. The fraction of sp³-hybridized carbons (Fsp3) is 1.00. The van der Waals surface area contributed by atoms with Crippen molar-refractivity contribution in [2.75, 3.05) is 6.67 Å². The molecule has 0 N–H and O–H groups in total. The molecule has 1 saturated carbocycles. The molecule has 72 valence electrons. The summed E-state index contributed by atoms with van der Waals surface area (Å²) in [5.41, 5.74) is 0. The molecule has 0 radical (unpaired) electrons. The van der Waals surface area contributed by atoms with Gasteiger partial charge in [0.05, 0.1) is 12.6 Å². The van der Waals surface area contributed by atoms with E-state index < -0.39 is 18.8 Å². The van der Waals surface area contributed by atoms with Gasteiger partial charge in [-0.25, -0.2) is 0 Å². The van der Waals surface area contributed by atoms with Crippen LogP contribution in [-0.2, 0) is 0 Å². The van der Waals surface area contributed by atoms with Crippen molar-refractivity contribution in [3.8, 4) is 0 Å². The van der Waals surface area contributed by atoms with E-state index >= 15 is 0 Å². The molecule has 0 aromatic rings. The maximum atomic E-state index is 12.1. The van der Waals surface area contributed by atoms with E-state index in [4.69, 9.17) is 0 Å². The summed E-state index contributed by atoms with van der Waals surface area (Å²) in [6.07, 6.45) is -3.26. The van der Waals surface area contributed by atoms with Crippen molar-refractivity contribution < 1.29 is 17.6 Å². The van der Waals surface area contributed by atoms with Crippen molar-refractivity contribution in [1.29, 1.82) is 0 Å². The molecule has 1 rings (SSSR count). The van der Waals surface area contributed by atoms with Crippen molar-refractivity contribution in [3.05, 3.63) is 0 Å². The Morgan fingerprint density at radius 2 is 2.00 bits per heavy atom. The smallest absolute Gasteiger partial charge is 0.251 e. The van der Waals surface area contributed by atoms with Crippen molar-refractivity contribution in [2.45, 2.75) is 25.9 Å². The highest BCUT2D eigenvalue weighted by molar-refractivity contribution is 4.91. The minimum absolute atomic E-state index is 0.0216. The molecule has 0 spiro atoms.